The lowest BCUT2D eigenvalue weighted by Gasteiger charge is -2.11. The topological polar surface area (TPSA) is 49.3 Å². The maximum absolute atomic E-state index is 10.9. The van der Waals surface area contributed by atoms with Gasteiger partial charge in [0.2, 0.25) is 0 Å². The van der Waals surface area contributed by atoms with Gasteiger partial charge in [0.1, 0.15) is 6.04 Å². The first kappa shape index (κ1) is 15.1. The molecule has 1 aliphatic heterocycles. The summed E-state index contributed by atoms with van der Waals surface area (Å²) in [4.78, 5) is 10.9. The van der Waals surface area contributed by atoms with Gasteiger partial charge in [-0.2, -0.15) is 0 Å². The minimum Gasteiger partial charge on any atom is -0.480 e. The number of aryl methyl sites for hydroxylation is 1. The van der Waals surface area contributed by atoms with Gasteiger partial charge in [0.15, 0.2) is 0 Å². The summed E-state index contributed by atoms with van der Waals surface area (Å²) >= 11 is 1.71. The molecule has 1 aromatic carbocycles. The summed E-state index contributed by atoms with van der Waals surface area (Å²) in [6, 6.07) is 8.10. The van der Waals surface area contributed by atoms with Crippen molar-refractivity contribution in [3.8, 4) is 0 Å². The van der Waals surface area contributed by atoms with Gasteiger partial charge < -0.3 is 5.11 Å². The third-order valence-corrected chi connectivity index (χ3v) is 4.74. The maximum Gasteiger partial charge on any atom is 0.321 e. The zero-order valence-corrected chi connectivity index (χ0v) is 12.7. The molecule has 0 spiro atoms. The van der Waals surface area contributed by atoms with Gasteiger partial charge in [-0.05, 0) is 32.3 Å². The molecule has 2 unspecified atom stereocenters. The van der Waals surface area contributed by atoms with Crippen LogP contribution < -0.4 is 5.32 Å². The molecule has 1 heterocycles. The molecule has 0 aromatic heterocycles. The molecule has 0 amide bonds. The standard InChI is InChI=1S/C16H21NO2S/c1-11-3-6-13(7-4-11)9-12(2)5-8-15-17-14(10-20-15)16(18)19/h3-4,6-7,9,14-15,17H,5,8,10H2,1-2H3,(H,18,19). The van der Waals surface area contributed by atoms with Crippen molar-refractivity contribution in [3.63, 3.8) is 0 Å². The van der Waals surface area contributed by atoms with Crippen LogP contribution in [0.2, 0.25) is 0 Å². The number of carboxylic acids is 1. The van der Waals surface area contributed by atoms with Crippen LogP contribution in [0.4, 0.5) is 0 Å². The SMILES string of the molecule is CC(=Cc1ccc(C)cc1)CCC1NC(C(=O)O)CS1. The molecule has 2 N–H and O–H groups in total. The molecule has 20 heavy (non-hydrogen) atoms. The minimum absolute atomic E-state index is 0.262. The van der Waals surface area contributed by atoms with Crippen LogP contribution in [0.1, 0.15) is 30.9 Å². The highest BCUT2D eigenvalue weighted by Crippen LogP contribution is 2.24. The van der Waals surface area contributed by atoms with E-state index in [1.165, 1.54) is 16.7 Å². The normalized spacial score (nSPS) is 23.0. The summed E-state index contributed by atoms with van der Waals surface area (Å²) in [5.74, 6) is -0.0762. The van der Waals surface area contributed by atoms with Crippen LogP contribution in [0.5, 0.6) is 0 Å². The third kappa shape index (κ3) is 4.39. The van der Waals surface area contributed by atoms with Crippen molar-refractivity contribution < 1.29 is 9.90 Å². The van der Waals surface area contributed by atoms with Crippen LogP contribution in [0.3, 0.4) is 0 Å². The molecule has 108 valence electrons. The maximum atomic E-state index is 10.9. The molecule has 2 atom stereocenters. The molecule has 0 radical (unpaired) electrons. The van der Waals surface area contributed by atoms with E-state index in [1.807, 2.05) is 0 Å². The Kier molecular flexibility index (Phi) is 5.26. The fourth-order valence-corrected chi connectivity index (χ4v) is 3.43. The number of carboxylic acid groups (broad SMARTS) is 1. The smallest absolute Gasteiger partial charge is 0.321 e. The number of nitrogens with one attached hydrogen (secondary N) is 1. The summed E-state index contributed by atoms with van der Waals surface area (Å²) in [6.07, 6.45) is 4.17. The highest BCUT2D eigenvalue weighted by molar-refractivity contribution is 8.00. The van der Waals surface area contributed by atoms with Gasteiger partial charge in [0.25, 0.3) is 0 Å². The Morgan fingerprint density at radius 2 is 2.15 bits per heavy atom. The van der Waals surface area contributed by atoms with Crippen molar-refractivity contribution in [3.05, 3.63) is 41.0 Å². The molecule has 1 aromatic rings. The Balaban J connectivity index is 1.82. The minimum atomic E-state index is -0.744. The molecule has 4 heteroatoms. The molecule has 1 aliphatic rings. The zero-order chi connectivity index (χ0) is 14.5. The first-order valence-electron chi connectivity index (χ1n) is 6.89. The van der Waals surface area contributed by atoms with Gasteiger partial charge in [-0.25, -0.2) is 0 Å². The lowest BCUT2D eigenvalue weighted by atomic mass is 10.1. The van der Waals surface area contributed by atoms with E-state index in [2.05, 4.69) is 49.5 Å². The molecule has 0 saturated carbocycles. The van der Waals surface area contributed by atoms with Crippen molar-refractivity contribution in [2.45, 2.75) is 38.1 Å². The van der Waals surface area contributed by atoms with Crippen LogP contribution in [0.15, 0.2) is 29.8 Å². The molecule has 3 nitrogen and oxygen atoms in total. The van der Waals surface area contributed by atoms with Crippen molar-refractivity contribution in [1.29, 1.82) is 0 Å². The second-order valence-electron chi connectivity index (χ2n) is 5.32. The first-order valence-corrected chi connectivity index (χ1v) is 7.94. The number of hydrogen-bond donors (Lipinski definition) is 2. The van der Waals surface area contributed by atoms with E-state index in [1.54, 1.807) is 11.8 Å². The summed E-state index contributed by atoms with van der Waals surface area (Å²) in [7, 11) is 0. The summed E-state index contributed by atoms with van der Waals surface area (Å²) in [6.45, 7) is 4.22. The fourth-order valence-electron chi connectivity index (χ4n) is 2.22. The van der Waals surface area contributed by atoms with Crippen molar-refractivity contribution in [2.24, 2.45) is 0 Å². The van der Waals surface area contributed by atoms with Crippen LogP contribution in [0.25, 0.3) is 6.08 Å². The highest BCUT2D eigenvalue weighted by Gasteiger charge is 2.28. The number of hydrogen-bond acceptors (Lipinski definition) is 3. The Labute approximate surface area is 124 Å². The van der Waals surface area contributed by atoms with Crippen LogP contribution in [0, 0.1) is 6.92 Å². The van der Waals surface area contributed by atoms with E-state index < -0.39 is 5.97 Å². The zero-order valence-electron chi connectivity index (χ0n) is 11.9. The van der Waals surface area contributed by atoms with Crippen LogP contribution in [-0.2, 0) is 4.79 Å². The molecular formula is C16H21NO2S. The fraction of sp³-hybridized carbons (Fsp3) is 0.438. The van der Waals surface area contributed by atoms with Crippen molar-refractivity contribution in [2.75, 3.05) is 5.75 Å². The van der Waals surface area contributed by atoms with E-state index >= 15 is 0 Å². The molecule has 2 rings (SSSR count). The van der Waals surface area contributed by atoms with Crippen LogP contribution in [-0.4, -0.2) is 28.2 Å². The van der Waals surface area contributed by atoms with E-state index in [0.717, 1.165) is 12.8 Å². The Hall–Kier alpha value is -1.26. The van der Waals surface area contributed by atoms with E-state index in [4.69, 9.17) is 5.11 Å². The number of aliphatic carboxylic acids is 1. The van der Waals surface area contributed by atoms with Gasteiger partial charge in [-0.15, -0.1) is 11.8 Å². The van der Waals surface area contributed by atoms with E-state index in [0.29, 0.717) is 5.75 Å². The second kappa shape index (κ2) is 6.95. The Bertz CT molecular complexity index is 496. The Morgan fingerprint density at radius 3 is 2.75 bits per heavy atom. The molecule has 0 aliphatic carbocycles. The van der Waals surface area contributed by atoms with E-state index in [-0.39, 0.29) is 11.4 Å². The van der Waals surface area contributed by atoms with E-state index in [9.17, 15) is 4.79 Å². The third-order valence-electron chi connectivity index (χ3n) is 3.44. The van der Waals surface area contributed by atoms with Gasteiger partial charge in [0, 0.05) is 5.75 Å². The Morgan fingerprint density at radius 1 is 1.45 bits per heavy atom. The first-order chi connectivity index (χ1) is 9.54. The highest BCUT2D eigenvalue weighted by atomic mass is 32.2. The van der Waals surface area contributed by atoms with Gasteiger partial charge in [0.05, 0.1) is 5.37 Å². The predicted octanol–water partition coefficient (Wildman–Crippen LogP) is 3.29. The number of rotatable bonds is 5. The quantitative estimate of drug-likeness (QED) is 0.874. The van der Waals surface area contributed by atoms with Gasteiger partial charge in [-0.3, -0.25) is 10.1 Å². The number of thioether (sulfide) groups is 1. The average molecular weight is 291 g/mol. The lowest BCUT2D eigenvalue weighted by molar-refractivity contribution is -0.138. The molecule has 0 bridgehead atoms. The lowest BCUT2D eigenvalue weighted by Crippen LogP contribution is -2.36. The van der Waals surface area contributed by atoms with Gasteiger partial charge >= 0.3 is 5.97 Å². The number of carbonyl (C=O) groups is 1. The summed E-state index contributed by atoms with van der Waals surface area (Å²) < 4.78 is 0. The summed E-state index contributed by atoms with van der Waals surface area (Å²) in [5.41, 5.74) is 3.82. The summed E-state index contributed by atoms with van der Waals surface area (Å²) in [5, 5.41) is 12.4. The monoisotopic (exact) mass is 291 g/mol. The molecule has 1 saturated heterocycles. The average Bonchev–Trinajstić information content (AvgIpc) is 2.88. The van der Waals surface area contributed by atoms with Crippen molar-refractivity contribution in [1.82, 2.24) is 5.32 Å². The molecule has 1 fully saturated rings. The second-order valence-corrected chi connectivity index (χ2v) is 6.56. The van der Waals surface area contributed by atoms with Crippen LogP contribution >= 0.6 is 11.8 Å². The number of allylic oxidation sites excluding steroid dienone is 1. The number of benzene rings is 1. The largest absolute Gasteiger partial charge is 0.480 e. The van der Waals surface area contributed by atoms with Gasteiger partial charge in [-0.1, -0.05) is 41.5 Å². The predicted molar refractivity (Wildman–Crippen MR) is 84.9 cm³/mol. The van der Waals surface area contributed by atoms with Crippen molar-refractivity contribution >= 4 is 23.8 Å². The molecular weight excluding hydrogens is 270 g/mol.